The van der Waals surface area contributed by atoms with Crippen LogP contribution >= 0.6 is 0 Å². The number of nitrogens with one attached hydrogen (secondary N) is 1. The summed E-state index contributed by atoms with van der Waals surface area (Å²) in [7, 11) is -1.88. The molecule has 0 bridgehead atoms. The molecule has 2 aromatic carbocycles. The third-order valence-corrected chi connectivity index (χ3v) is 4.89. The average molecular weight is 329 g/mol. The van der Waals surface area contributed by atoms with Crippen LogP contribution in [0.1, 0.15) is 11.1 Å². The van der Waals surface area contributed by atoms with E-state index in [0.29, 0.717) is 17.0 Å². The zero-order chi connectivity index (χ0) is 16.3. The van der Waals surface area contributed by atoms with Gasteiger partial charge in [-0.1, -0.05) is 30.3 Å². The number of sulfonamides is 1. The number of fused-ring (bicyclic) bond motifs is 1. The van der Waals surface area contributed by atoms with Gasteiger partial charge in [0.25, 0.3) is 0 Å². The lowest BCUT2D eigenvalue weighted by Crippen LogP contribution is -2.36. The van der Waals surface area contributed by atoms with Gasteiger partial charge in [0.15, 0.2) is 0 Å². The predicted octanol–water partition coefficient (Wildman–Crippen LogP) is 1.81. The maximum absolute atomic E-state index is 12.0. The minimum atomic E-state index is -3.47. The van der Waals surface area contributed by atoms with Crippen LogP contribution in [-0.2, 0) is 10.0 Å². The second-order valence-corrected chi connectivity index (χ2v) is 6.59. The molecule has 0 saturated carbocycles. The smallest absolute Gasteiger partial charge is 0.241 e. The normalized spacial score (nSPS) is 18.0. The first kappa shape index (κ1) is 15.4. The average Bonchev–Trinajstić information content (AvgIpc) is 2.57. The lowest BCUT2D eigenvalue weighted by molar-refractivity contribution is 0.414. The van der Waals surface area contributed by atoms with E-state index in [1.165, 1.54) is 0 Å². The number of nitrogens with zero attached hydrogens (tertiary/aromatic N) is 2. The third-order valence-electron chi connectivity index (χ3n) is 3.43. The molecule has 0 aliphatic carbocycles. The lowest BCUT2D eigenvalue weighted by Gasteiger charge is -2.18. The maximum atomic E-state index is 12.0. The minimum absolute atomic E-state index is 0.114. The lowest BCUT2D eigenvalue weighted by atomic mass is 10.1. The van der Waals surface area contributed by atoms with Gasteiger partial charge in [-0.3, -0.25) is 0 Å². The molecule has 0 aromatic heterocycles. The van der Waals surface area contributed by atoms with Crippen molar-refractivity contribution < 1.29 is 13.2 Å². The number of hydrogen-bond donors (Lipinski definition) is 1. The van der Waals surface area contributed by atoms with Crippen LogP contribution in [-0.4, -0.2) is 34.0 Å². The quantitative estimate of drug-likeness (QED) is 0.689. The molecular formula is C16H15N3O3S. The predicted molar refractivity (Wildman–Crippen MR) is 88.8 cm³/mol. The molecule has 0 saturated heterocycles. The summed E-state index contributed by atoms with van der Waals surface area (Å²) in [4.78, 5) is 0.220. The highest BCUT2D eigenvalue weighted by molar-refractivity contribution is 7.89. The largest absolute Gasteiger partial charge is 0.496 e. The van der Waals surface area contributed by atoms with E-state index in [1.807, 2.05) is 24.3 Å². The van der Waals surface area contributed by atoms with Crippen molar-refractivity contribution in [2.24, 2.45) is 10.2 Å². The summed E-state index contributed by atoms with van der Waals surface area (Å²) in [6, 6.07) is 14.2. The van der Waals surface area contributed by atoms with Gasteiger partial charge in [0, 0.05) is 11.1 Å². The van der Waals surface area contributed by atoms with Crippen LogP contribution in [0.15, 0.2) is 63.6 Å². The molecule has 0 radical (unpaired) electrons. The summed E-state index contributed by atoms with van der Waals surface area (Å²) in [6.07, 6.45) is 1.58. The second-order valence-electron chi connectivity index (χ2n) is 4.85. The van der Waals surface area contributed by atoms with Crippen LogP contribution in [0.5, 0.6) is 5.75 Å². The van der Waals surface area contributed by atoms with E-state index in [4.69, 9.17) is 4.74 Å². The first-order valence-corrected chi connectivity index (χ1v) is 8.42. The maximum Gasteiger partial charge on any atom is 0.241 e. The molecule has 1 aliphatic heterocycles. The molecule has 23 heavy (non-hydrogen) atoms. The van der Waals surface area contributed by atoms with E-state index in [2.05, 4.69) is 14.9 Å². The van der Waals surface area contributed by atoms with Crippen molar-refractivity contribution in [3.63, 3.8) is 0 Å². The Bertz CT molecular complexity index is 889. The van der Waals surface area contributed by atoms with Crippen molar-refractivity contribution in [1.82, 2.24) is 4.72 Å². The molecule has 0 spiro atoms. The molecule has 0 fully saturated rings. The van der Waals surface area contributed by atoms with E-state index in [-0.39, 0.29) is 11.4 Å². The summed E-state index contributed by atoms with van der Waals surface area (Å²) in [6.45, 7) is 0.114. The van der Waals surface area contributed by atoms with Gasteiger partial charge in [-0.2, -0.15) is 10.2 Å². The van der Waals surface area contributed by atoms with E-state index >= 15 is 0 Å². The molecule has 1 aliphatic rings. The van der Waals surface area contributed by atoms with Gasteiger partial charge in [-0.15, -0.1) is 0 Å². The Hall–Kier alpha value is -2.51. The number of methoxy groups -OCH3 is 1. The molecule has 118 valence electrons. The zero-order valence-corrected chi connectivity index (χ0v) is 13.2. The molecule has 0 amide bonds. The molecule has 2 aromatic rings. The van der Waals surface area contributed by atoms with Crippen molar-refractivity contribution in [3.05, 3.63) is 59.7 Å². The first-order valence-electron chi connectivity index (χ1n) is 6.94. The highest BCUT2D eigenvalue weighted by Gasteiger charge is 2.26. The Labute approximate surface area is 134 Å². The van der Waals surface area contributed by atoms with Gasteiger partial charge in [-0.25, -0.2) is 13.1 Å². The highest BCUT2D eigenvalue weighted by atomic mass is 32.2. The Kier molecular flexibility index (Phi) is 4.22. The molecular weight excluding hydrogens is 314 g/mol. The fourth-order valence-electron chi connectivity index (χ4n) is 2.30. The van der Waals surface area contributed by atoms with E-state index in [9.17, 15) is 8.42 Å². The van der Waals surface area contributed by atoms with Crippen LogP contribution in [0, 0.1) is 0 Å². The topological polar surface area (TPSA) is 80.1 Å². The number of para-hydroxylation sites is 1. The SMILES string of the molecule is COc1ccccc1/C=N/N=C1\CNS(=O)(=O)c2ccccc21. The molecule has 1 heterocycles. The first-order chi connectivity index (χ1) is 11.1. The van der Waals surface area contributed by atoms with E-state index in [0.717, 1.165) is 5.56 Å². The molecule has 6 nitrogen and oxygen atoms in total. The summed E-state index contributed by atoms with van der Waals surface area (Å²) >= 11 is 0. The van der Waals surface area contributed by atoms with Crippen LogP contribution in [0.4, 0.5) is 0 Å². The number of benzene rings is 2. The Morgan fingerprint density at radius 2 is 1.87 bits per heavy atom. The zero-order valence-electron chi connectivity index (χ0n) is 12.4. The summed E-state index contributed by atoms with van der Waals surface area (Å²) in [5.41, 5.74) is 1.94. The van der Waals surface area contributed by atoms with E-state index < -0.39 is 10.0 Å². The van der Waals surface area contributed by atoms with Crippen LogP contribution in [0.2, 0.25) is 0 Å². The summed E-state index contributed by atoms with van der Waals surface area (Å²) < 4.78 is 31.7. The molecule has 7 heteroatoms. The van der Waals surface area contributed by atoms with E-state index in [1.54, 1.807) is 37.6 Å². The fraction of sp³-hybridized carbons (Fsp3) is 0.125. The van der Waals surface area contributed by atoms with Crippen molar-refractivity contribution in [3.8, 4) is 5.75 Å². The molecule has 0 unspecified atom stereocenters. The monoisotopic (exact) mass is 329 g/mol. The van der Waals surface area contributed by atoms with Crippen molar-refractivity contribution in [2.45, 2.75) is 4.90 Å². The van der Waals surface area contributed by atoms with Crippen LogP contribution in [0.3, 0.4) is 0 Å². The van der Waals surface area contributed by atoms with Crippen molar-refractivity contribution in [2.75, 3.05) is 13.7 Å². The number of rotatable bonds is 3. The van der Waals surface area contributed by atoms with Crippen LogP contribution < -0.4 is 9.46 Å². The Balaban J connectivity index is 1.94. The molecule has 1 N–H and O–H groups in total. The highest BCUT2D eigenvalue weighted by Crippen LogP contribution is 2.20. The second kappa shape index (κ2) is 6.31. The number of ether oxygens (including phenoxy) is 1. The fourth-order valence-corrected chi connectivity index (χ4v) is 3.51. The van der Waals surface area contributed by atoms with Gasteiger partial charge in [0.05, 0.1) is 30.5 Å². The van der Waals surface area contributed by atoms with Gasteiger partial charge in [0.2, 0.25) is 10.0 Å². The number of hydrogen-bond acceptors (Lipinski definition) is 5. The third kappa shape index (κ3) is 3.15. The standard InChI is InChI=1S/C16H15N3O3S/c1-22-15-8-4-2-6-12(15)10-17-19-14-11-18-23(20,21)16-9-5-3-7-13(14)16/h2-10,18H,11H2,1H3/b17-10+,19-14+. The Morgan fingerprint density at radius 3 is 2.70 bits per heavy atom. The van der Waals surface area contributed by atoms with Crippen LogP contribution in [0.25, 0.3) is 0 Å². The van der Waals surface area contributed by atoms with Gasteiger partial charge < -0.3 is 4.74 Å². The molecule has 0 atom stereocenters. The van der Waals surface area contributed by atoms with Gasteiger partial charge in [-0.05, 0) is 18.2 Å². The van der Waals surface area contributed by atoms with Gasteiger partial charge >= 0.3 is 0 Å². The minimum Gasteiger partial charge on any atom is -0.496 e. The summed E-state index contributed by atoms with van der Waals surface area (Å²) in [5.74, 6) is 0.696. The van der Waals surface area contributed by atoms with Crippen molar-refractivity contribution >= 4 is 21.9 Å². The van der Waals surface area contributed by atoms with Gasteiger partial charge in [0.1, 0.15) is 5.75 Å². The Morgan fingerprint density at radius 1 is 1.13 bits per heavy atom. The summed E-state index contributed by atoms with van der Waals surface area (Å²) in [5, 5.41) is 8.23. The molecule has 3 rings (SSSR count). The van der Waals surface area contributed by atoms with Crippen molar-refractivity contribution in [1.29, 1.82) is 0 Å².